The predicted molar refractivity (Wildman–Crippen MR) is 92.5 cm³/mol. The molecular formula is C17H22N4O3. The van der Waals surface area contributed by atoms with Crippen LogP contribution in [0.4, 0.5) is 11.4 Å². The first-order valence-corrected chi connectivity index (χ1v) is 7.90. The lowest BCUT2D eigenvalue weighted by molar-refractivity contribution is -0.119. The molecule has 2 rings (SSSR count). The predicted octanol–water partition coefficient (Wildman–Crippen LogP) is 2.63. The van der Waals surface area contributed by atoms with Crippen molar-refractivity contribution >= 4 is 23.3 Å². The molecule has 0 spiro atoms. The van der Waals surface area contributed by atoms with Gasteiger partial charge in [0.15, 0.2) is 5.69 Å². The Balaban J connectivity index is 2.04. The highest BCUT2D eigenvalue weighted by molar-refractivity contribution is 5.93. The number of carbonyl (C=O) groups is 2. The van der Waals surface area contributed by atoms with Crippen molar-refractivity contribution in [1.29, 1.82) is 0 Å². The standard InChI is InChI=1S/C17H22N4O3/c1-4-20(5-2)14-8-6-13(7-9-14)18-16(22)12(3)21-11-10-15(19-21)17(23)24/h6-12H,4-5H2,1-3H3,(H,18,22)(H,23,24). The molecule has 1 amide bonds. The van der Waals surface area contributed by atoms with E-state index in [0.29, 0.717) is 5.69 Å². The van der Waals surface area contributed by atoms with Gasteiger partial charge in [-0.3, -0.25) is 9.48 Å². The Kier molecular flexibility index (Phi) is 5.57. The maximum absolute atomic E-state index is 12.3. The molecule has 0 aliphatic heterocycles. The lowest BCUT2D eigenvalue weighted by Gasteiger charge is -2.21. The first-order valence-electron chi connectivity index (χ1n) is 7.90. The molecule has 0 aliphatic rings. The second-order valence-electron chi connectivity index (χ2n) is 5.37. The number of hydrogen-bond donors (Lipinski definition) is 2. The maximum Gasteiger partial charge on any atom is 0.356 e. The van der Waals surface area contributed by atoms with Crippen molar-refractivity contribution in [2.75, 3.05) is 23.3 Å². The van der Waals surface area contributed by atoms with Crippen LogP contribution >= 0.6 is 0 Å². The first kappa shape index (κ1) is 17.5. The SMILES string of the molecule is CCN(CC)c1ccc(NC(=O)C(C)n2ccc(C(=O)O)n2)cc1. The second-order valence-corrected chi connectivity index (χ2v) is 5.37. The fourth-order valence-corrected chi connectivity index (χ4v) is 2.38. The first-order chi connectivity index (χ1) is 11.5. The number of hydrogen-bond acceptors (Lipinski definition) is 4. The Morgan fingerprint density at radius 3 is 2.33 bits per heavy atom. The van der Waals surface area contributed by atoms with E-state index in [4.69, 9.17) is 5.11 Å². The number of nitrogens with one attached hydrogen (secondary N) is 1. The van der Waals surface area contributed by atoms with E-state index in [9.17, 15) is 9.59 Å². The number of carbonyl (C=O) groups excluding carboxylic acids is 1. The minimum Gasteiger partial charge on any atom is -0.476 e. The van der Waals surface area contributed by atoms with Gasteiger partial charge in [-0.15, -0.1) is 0 Å². The van der Waals surface area contributed by atoms with Crippen molar-refractivity contribution in [3.05, 3.63) is 42.2 Å². The molecule has 24 heavy (non-hydrogen) atoms. The third-order valence-electron chi connectivity index (χ3n) is 3.87. The Bertz CT molecular complexity index is 705. The molecule has 2 aromatic rings. The fourth-order valence-electron chi connectivity index (χ4n) is 2.38. The minimum atomic E-state index is -1.12. The van der Waals surface area contributed by atoms with Crippen molar-refractivity contribution in [1.82, 2.24) is 9.78 Å². The van der Waals surface area contributed by atoms with E-state index in [1.807, 2.05) is 24.3 Å². The molecule has 0 fully saturated rings. The third kappa shape index (κ3) is 3.92. The Labute approximate surface area is 140 Å². The van der Waals surface area contributed by atoms with Gasteiger partial charge in [-0.2, -0.15) is 5.10 Å². The number of aromatic nitrogens is 2. The van der Waals surface area contributed by atoms with Gasteiger partial charge in [0.05, 0.1) is 0 Å². The zero-order valence-corrected chi connectivity index (χ0v) is 14.1. The summed E-state index contributed by atoms with van der Waals surface area (Å²) < 4.78 is 1.34. The fraction of sp³-hybridized carbons (Fsp3) is 0.353. The molecule has 0 aliphatic carbocycles. The van der Waals surface area contributed by atoms with Crippen molar-refractivity contribution < 1.29 is 14.7 Å². The molecule has 1 unspecified atom stereocenters. The zero-order valence-electron chi connectivity index (χ0n) is 14.1. The van der Waals surface area contributed by atoms with Crippen LogP contribution in [0.1, 0.15) is 37.3 Å². The molecule has 1 atom stereocenters. The maximum atomic E-state index is 12.3. The van der Waals surface area contributed by atoms with Gasteiger partial charge in [0.25, 0.3) is 0 Å². The van der Waals surface area contributed by atoms with Gasteiger partial charge in [0.2, 0.25) is 5.91 Å². The van der Waals surface area contributed by atoms with Crippen molar-refractivity contribution in [3.63, 3.8) is 0 Å². The van der Waals surface area contributed by atoms with Crippen LogP contribution in [-0.4, -0.2) is 39.9 Å². The molecule has 2 N–H and O–H groups in total. The number of carboxylic acid groups (broad SMARTS) is 1. The monoisotopic (exact) mass is 330 g/mol. The van der Waals surface area contributed by atoms with Crippen molar-refractivity contribution in [2.24, 2.45) is 0 Å². The molecule has 0 radical (unpaired) electrons. The van der Waals surface area contributed by atoms with Crippen LogP contribution in [0.25, 0.3) is 0 Å². The number of rotatable bonds is 7. The Morgan fingerprint density at radius 1 is 1.21 bits per heavy atom. The molecule has 7 heteroatoms. The van der Waals surface area contributed by atoms with Gasteiger partial charge in [-0.05, 0) is 51.1 Å². The molecular weight excluding hydrogens is 308 g/mol. The number of benzene rings is 1. The second kappa shape index (κ2) is 7.63. The molecule has 1 aromatic heterocycles. The summed E-state index contributed by atoms with van der Waals surface area (Å²) in [4.78, 5) is 25.4. The van der Waals surface area contributed by atoms with Crippen LogP contribution in [-0.2, 0) is 4.79 Å². The van der Waals surface area contributed by atoms with E-state index in [-0.39, 0.29) is 11.6 Å². The van der Waals surface area contributed by atoms with Crippen molar-refractivity contribution in [2.45, 2.75) is 26.8 Å². The van der Waals surface area contributed by atoms with Crippen LogP contribution < -0.4 is 10.2 Å². The number of aromatic carboxylic acids is 1. The summed E-state index contributed by atoms with van der Waals surface area (Å²) in [5.41, 5.74) is 1.70. The molecule has 0 saturated heterocycles. The van der Waals surface area contributed by atoms with E-state index in [0.717, 1.165) is 18.8 Å². The molecule has 0 bridgehead atoms. The van der Waals surface area contributed by atoms with Crippen LogP contribution in [0.2, 0.25) is 0 Å². The van der Waals surface area contributed by atoms with E-state index >= 15 is 0 Å². The summed E-state index contributed by atoms with van der Waals surface area (Å²) in [6, 6.07) is 8.38. The van der Waals surface area contributed by atoms with Crippen LogP contribution in [0.5, 0.6) is 0 Å². The van der Waals surface area contributed by atoms with Gasteiger partial charge in [0.1, 0.15) is 6.04 Å². The normalized spacial score (nSPS) is 11.8. The molecule has 1 aromatic carbocycles. The lowest BCUT2D eigenvalue weighted by Crippen LogP contribution is -2.24. The van der Waals surface area contributed by atoms with E-state index in [2.05, 4.69) is 29.2 Å². The minimum absolute atomic E-state index is 0.0850. The molecule has 128 valence electrons. The summed E-state index contributed by atoms with van der Waals surface area (Å²) in [5, 5.41) is 15.6. The summed E-state index contributed by atoms with van der Waals surface area (Å²) in [6.07, 6.45) is 1.48. The van der Waals surface area contributed by atoms with Gasteiger partial charge in [-0.1, -0.05) is 0 Å². The Morgan fingerprint density at radius 2 is 1.83 bits per heavy atom. The number of nitrogens with zero attached hydrogens (tertiary/aromatic N) is 3. The van der Waals surface area contributed by atoms with Crippen LogP contribution in [0.15, 0.2) is 36.5 Å². The molecule has 7 nitrogen and oxygen atoms in total. The van der Waals surface area contributed by atoms with Gasteiger partial charge in [0, 0.05) is 30.7 Å². The quantitative estimate of drug-likeness (QED) is 0.815. The number of amides is 1. The zero-order chi connectivity index (χ0) is 17.7. The summed E-state index contributed by atoms with van der Waals surface area (Å²) in [5.74, 6) is -1.38. The Hall–Kier alpha value is -2.83. The largest absolute Gasteiger partial charge is 0.476 e. The highest BCUT2D eigenvalue weighted by Crippen LogP contribution is 2.18. The van der Waals surface area contributed by atoms with Gasteiger partial charge in [-0.25, -0.2) is 4.79 Å². The highest BCUT2D eigenvalue weighted by Gasteiger charge is 2.18. The number of anilines is 2. The summed E-state index contributed by atoms with van der Waals surface area (Å²) in [6.45, 7) is 7.69. The topological polar surface area (TPSA) is 87.5 Å². The third-order valence-corrected chi connectivity index (χ3v) is 3.87. The molecule has 0 saturated carbocycles. The number of carboxylic acids is 1. The van der Waals surface area contributed by atoms with Gasteiger partial charge >= 0.3 is 5.97 Å². The summed E-state index contributed by atoms with van der Waals surface area (Å²) >= 11 is 0. The van der Waals surface area contributed by atoms with Crippen LogP contribution in [0, 0.1) is 0 Å². The smallest absolute Gasteiger partial charge is 0.356 e. The van der Waals surface area contributed by atoms with Crippen molar-refractivity contribution in [3.8, 4) is 0 Å². The van der Waals surface area contributed by atoms with Gasteiger partial charge < -0.3 is 15.3 Å². The van der Waals surface area contributed by atoms with E-state index in [1.165, 1.54) is 16.9 Å². The van der Waals surface area contributed by atoms with E-state index < -0.39 is 12.0 Å². The lowest BCUT2D eigenvalue weighted by atomic mass is 10.2. The average Bonchev–Trinajstić information content (AvgIpc) is 3.07. The molecule has 1 heterocycles. The average molecular weight is 330 g/mol. The summed E-state index contributed by atoms with van der Waals surface area (Å²) in [7, 11) is 0. The highest BCUT2D eigenvalue weighted by atomic mass is 16.4. The van der Waals surface area contributed by atoms with Crippen LogP contribution in [0.3, 0.4) is 0 Å². The van der Waals surface area contributed by atoms with E-state index in [1.54, 1.807) is 6.92 Å².